The molecule has 0 unspecified atom stereocenters. The minimum absolute atomic E-state index is 0. The van der Waals surface area contributed by atoms with Crippen LogP contribution in [0.3, 0.4) is 0 Å². The zero-order valence-electron chi connectivity index (χ0n) is 24.3. The summed E-state index contributed by atoms with van der Waals surface area (Å²) in [6.07, 6.45) is 4.77. The van der Waals surface area contributed by atoms with Gasteiger partial charge < -0.3 is 27.2 Å². The Morgan fingerprint density at radius 3 is 2.23 bits per heavy atom. The third-order valence-electron chi connectivity index (χ3n) is 7.68. The van der Waals surface area contributed by atoms with Crippen molar-refractivity contribution >= 4 is 59.9 Å². The lowest BCUT2D eigenvalue weighted by molar-refractivity contribution is -0.135. The van der Waals surface area contributed by atoms with Crippen LogP contribution in [0.2, 0.25) is 0 Å². The number of carboxylic acid groups (broad SMARTS) is 1. The summed E-state index contributed by atoms with van der Waals surface area (Å²) in [5.41, 5.74) is 21.2. The molecule has 5 rings (SSSR count). The van der Waals surface area contributed by atoms with Gasteiger partial charge in [-0.3, -0.25) is 24.1 Å². The number of primary amides is 1. The minimum atomic E-state index is -1.07. The van der Waals surface area contributed by atoms with Crippen LogP contribution in [-0.2, 0) is 22.6 Å². The summed E-state index contributed by atoms with van der Waals surface area (Å²) in [5, 5.41) is 9.03. The summed E-state index contributed by atoms with van der Waals surface area (Å²) in [5.74, 6) is -1.89. The highest BCUT2D eigenvalue weighted by Gasteiger charge is 2.35. The Morgan fingerprint density at radius 1 is 0.886 bits per heavy atom. The average Bonchev–Trinajstić information content (AvgIpc) is 3.43. The molecule has 1 heterocycles. The molecule has 3 amide bonds. The smallest absolute Gasteiger partial charge is 0.323 e. The second-order valence-electron chi connectivity index (χ2n) is 10.5. The Hall–Kier alpha value is -3.96. The first-order chi connectivity index (χ1) is 20.2. The number of hydrogen-bond donors (Lipinski definition) is 4. The fourth-order valence-electron chi connectivity index (χ4n) is 5.44. The molecule has 3 aromatic carbocycles. The van der Waals surface area contributed by atoms with Gasteiger partial charge in [-0.2, -0.15) is 0 Å². The minimum Gasteiger partial charge on any atom is -0.480 e. The average molecular weight is 645 g/mol. The van der Waals surface area contributed by atoms with Crippen LogP contribution in [0.5, 0.6) is 0 Å². The number of carbonyl (C=O) groups excluding carboxylic acids is 3. The van der Waals surface area contributed by atoms with Gasteiger partial charge in [0.15, 0.2) is 0 Å². The molecule has 0 bridgehead atoms. The monoisotopic (exact) mass is 643 g/mol. The van der Waals surface area contributed by atoms with E-state index in [9.17, 15) is 19.2 Å². The molecular formula is C32H39Cl2N5O5. The molecule has 3 aromatic rings. The second-order valence-corrected chi connectivity index (χ2v) is 10.5. The van der Waals surface area contributed by atoms with E-state index < -0.39 is 18.4 Å². The quantitative estimate of drug-likeness (QED) is 0.302. The molecule has 1 fully saturated rings. The van der Waals surface area contributed by atoms with Crippen molar-refractivity contribution in [2.24, 2.45) is 23.1 Å². The summed E-state index contributed by atoms with van der Waals surface area (Å²) < 4.78 is 0. The van der Waals surface area contributed by atoms with Gasteiger partial charge in [-0.1, -0.05) is 49.2 Å². The molecule has 1 saturated carbocycles. The molecule has 7 N–H and O–H groups in total. The topological polar surface area (TPSA) is 173 Å². The van der Waals surface area contributed by atoms with Crippen LogP contribution in [-0.4, -0.2) is 47.9 Å². The Balaban J connectivity index is 0.000000293. The highest BCUT2D eigenvalue weighted by atomic mass is 35.5. The maximum atomic E-state index is 12.8. The second kappa shape index (κ2) is 16.8. The number of fused-ring (bicyclic) bond motifs is 1. The van der Waals surface area contributed by atoms with Crippen LogP contribution in [0.4, 0.5) is 11.4 Å². The van der Waals surface area contributed by atoms with Crippen molar-refractivity contribution in [3.8, 4) is 0 Å². The number of nitrogens with zero attached hydrogens (tertiary/aromatic N) is 2. The van der Waals surface area contributed by atoms with Crippen molar-refractivity contribution in [3.05, 3.63) is 95.1 Å². The van der Waals surface area contributed by atoms with E-state index >= 15 is 0 Å². The number of amides is 3. The molecule has 236 valence electrons. The van der Waals surface area contributed by atoms with Crippen LogP contribution in [0.1, 0.15) is 57.5 Å². The molecule has 2 aliphatic rings. The molecular weight excluding hydrogens is 605 g/mol. The Kier molecular flexibility index (Phi) is 13.8. The highest BCUT2D eigenvalue weighted by Crippen LogP contribution is 2.33. The normalized spacial score (nSPS) is 16.6. The molecule has 10 nitrogen and oxygen atoms in total. The van der Waals surface area contributed by atoms with Crippen molar-refractivity contribution < 1.29 is 24.3 Å². The summed E-state index contributed by atoms with van der Waals surface area (Å²) >= 11 is 0. The number of anilines is 2. The van der Waals surface area contributed by atoms with Gasteiger partial charge in [-0.15, -0.1) is 24.8 Å². The third kappa shape index (κ3) is 8.79. The van der Waals surface area contributed by atoms with Gasteiger partial charge in [0.25, 0.3) is 5.91 Å². The fraction of sp³-hybridized carbons (Fsp3) is 0.312. The summed E-state index contributed by atoms with van der Waals surface area (Å²) in [6.45, 7) is 0.598. The van der Waals surface area contributed by atoms with Gasteiger partial charge in [-0.25, -0.2) is 0 Å². The van der Waals surface area contributed by atoms with E-state index in [2.05, 4.69) is 0 Å². The SMILES string of the molecule is Cl.Cl.NC(=O)c1ccc2c(c1)N(C(=O)[C@@H]1CCCC[C@H]1N)CC2.NCc1cccc(C(=O)N(CC(=O)O)c2ccccc2)c1. The number of benzene rings is 3. The van der Waals surface area contributed by atoms with E-state index in [1.165, 1.54) is 4.90 Å². The molecule has 1 aliphatic carbocycles. The van der Waals surface area contributed by atoms with Gasteiger partial charge in [0, 0.05) is 41.6 Å². The number of carbonyl (C=O) groups is 4. The largest absolute Gasteiger partial charge is 0.480 e. The van der Waals surface area contributed by atoms with Gasteiger partial charge >= 0.3 is 5.97 Å². The molecule has 2 atom stereocenters. The number of rotatable bonds is 7. The molecule has 0 saturated heterocycles. The number of halogens is 2. The van der Waals surface area contributed by atoms with E-state index in [0.717, 1.165) is 48.9 Å². The fourth-order valence-corrected chi connectivity index (χ4v) is 5.44. The third-order valence-corrected chi connectivity index (χ3v) is 7.68. The maximum absolute atomic E-state index is 12.8. The number of nitrogens with two attached hydrogens (primary N) is 3. The Morgan fingerprint density at radius 2 is 1.59 bits per heavy atom. The van der Waals surface area contributed by atoms with Crippen molar-refractivity contribution in [2.75, 3.05) is 22.9 Å². The number of para-hydroxylation sites is 1. The van der Waals surface area contributed by atoms with Gasteiger partial charge in [0.05, 0.1) is 5.92 Å². The van der Waals surface area contributed by atoms with Crippen LogP contribution in [0.25, 0.3) is 0 Å². The van der Waals surface area contributed by atoms with E-state index in [1.54, 1.807) is 59.5 Å². The molecule has 0 radical (unpaired) electrons. The van der Waals surface area contributed by atoms with Gasteiger partial charge in [0.1, 0.15) is 6.54 Å². The van der Waals surface area contributed by atoms with E-state index in [4.69, 9.17) is 22.3 Å². The lowest BCUT2D eigenvalue weighted by Gasteiger charge is -2.31. The standard InChI is InChI=1S/C16H21N3O2.C16H16N2O3.2ClH/c17-13-4-2-1-3-12(13)16(21)19-8-7-10-5-6-11(15(18)20)9-14(10)19;17-10-12-5-4-6-13(9-12)16(21)18(11-15(19)20)14-7-2-1-3-8-14;;/h5-6,9,12-13H,1-4,7-8,17H2,(H2,18,20);1-9H,10-11,17H2,(H,19,20);2*1H/t12-,13-;;;/m1.../s1. The zero-order chi connectivity index (χ0) is 30.2. The van der Waals surface area contributed by atoms with Crippen LogP contribution >= 0.6 is 24.8 Å². The van der Waals surface area contributed by atoms with Crippen LogP contribution < -0.4 is 27.0 Å². The van der Waals surface area contributed by atoms with E-state index in [1.807, 2.05) is 18.2 Å². The predicted molar refractivity (Wildman–Crippen MR) is 176 cm³/mol. The number of aliphatic carboxylic acids is 1. The number of hydrogen-bond acceptors (Lipinski definition) is 6. The summed E-state index contributed by atoms with van der Waals surface area (Å²) in [6, 6.07) is 20.9. The van der Waals surface area contributed by atoms with Crippen molar-refractivity contribution in [1.82, 2.24) is 0 Å². The number of carboxylic acids is 1. The molecule has 12 heteroatoms. The molecule has 1 aliphatic heterocycles. The van der Waals surface area contributed by atoms with Gasteiger partial charge in [-0.05, 0) is 66.8 Å². The molecule has 44 heavy (non-hydrogen) atoms. The molecule has 0 aromatic heterocycles. The highest BCUT2D eigenvalue weighted by molar-refractivity contribution is 6.08. The molecule has 0 spiro atoms. The lowest BCUT2D eigenvalue weighted by Crippen LogP contribution is -2.45. The van der Waals surface area contributed by atoms with Gasteiger partial charge in [0.2, 0.25) is 11.8 Å². The Bertz CT molecular complexity index is 1460. The van der Waals surface area contributed by atoms with Crippen molar-refractivity contribution in [2.45, 2.75) is 44.7 Å². The Labute approximate surface area is 269 Å². The first-order valence-electron chi connectivity index (χ1n) is 14.1. The van der Waals surface area contributed by atoms with E-state index in [0.29, 0.717) is 29.9 Å². The summed E-state index contributed by atoms with van der Waals surface area (Å²) in [4.78, 5) is 50.7. The van der Waals surface area contributed by atoms with Crippen molar-refractivity contribution in [3.63, 3.8) is 0 Å². The first kappa shape index (κ1) is 36.2. The van der Waals surface area contributed by atoms with Crippen molar-refractivity contribution in [1.29, 1.82) is 0 Å². The first-order valence-corrected chi connectivity index (χ1v) is 14.1. The van der Waals surface area contributed by atoms with Crippen LogP contribution in [0, 0.1) is 5.92 Å². The zero-order valence-corrected chi connectivity index (χ0v) is 25.9. The maximum Gasteiger partial charge on any atom is 0.323 e. The predicted octanol–water partition coefficient (Wildman–Crippen LogP) is 3.91. The summed E-state index contributed by atoms with van der Waals surface area (Å²) in [7, 11) is 0. The van der Waals surface area contributed by atoms with Crippen LogP contribution in [0.15, 0.2) is 72.8 Å². The van der Waals surface area contributed by atoms with E-state index in [-0.39, 0.29) is 48.6 Å². The lowest BCUT2D eigenvalue weighted by atomic mass is 9.84.